The Hall–Kier alpha value is -3.00. The largest absolute Gasteiger partial charge is 0.503 e. The Labute approximate surface area is 121 Å². The van der Waals surface area contributed by atoms with E-state index in [2.05, 4.69) is 0 Å². The summed E-state index contributed by atoms with van der Waals surface area (Å²) >= 11 is 0. The molecule has 2 aromatic rings. The molecule has 5 heteroatoms. The Morgan fingerprint density at radius 1 is 1.33 bits per heavy atom. The molecule has 0 amide bonds. The molecule has 0 radical (unpaired) electrons. The fourth-order valence-corrected chi connectivity index (χ4v) is 1.96. The van der Waals surface area contributed by atoms with Crippen LogP contribution in [0, 0.1) is 11.3 Å². The van der Waals surface area contributed by atoms with Crippen LogP contribution in [-0.2, 0) is 6.42 Å². The number of hydrogen-bond donors (Lipinski definition) is 2. The average Bonchev–Trinajstić information content (AvgIpc) is 2.49. The van der Waals surface area contributed by atoms with Crippen LogP contribution < -0.4 is 4.74 Å². The lowest BCUT2D eigenvalue weighted by Gasteiger charge is -2.10. The van der Waals surface area contributed by atoms with E-state index in [0.717, 1.165) is 0 Å². The van der Waals surface area contributed by atoms with Gasteiger partial charge in [-0.25, -0.2) is 4.79 Å². The minimum atomic E-state index is -0.993. The van der Waals surface area contributed by atoms with E-state index in [9.17, 15) is 9.90 Å². The number of rotatable bonds is 4. The molecule has 2 N–H and O–H groups in total. The Morgan fingerprint density at radius 2 is 2.10 bits per heavy atom. The number of phenolic OH excluding ortho intramolecular Hbond substituents is 1. The monoisotopic (exact) mass is 283 g/mol. The van der Waals surface area contributed by atoms with Gasteiger partial charge in [-0.3, -0.25) is 0 Å². The van der Waals surface area contributed by atoms with Gasteiger partial charge in [0.25, 0.3) is 0 Å². The summed E-state index contributed by atoms with van der Waals surface area (Å²) in [6.45, 7) is 1.85. The topological polar surface area (TPSA) is 90.5 Å². The number of hydrogen-bond acceptors (Lipinski definition) is 4. The highest BCUT2D eigenvalue weighted by molar-refractivity contribution is 5.89. The van der Waals surface area contributed by atoms with Gasteiger partial charge < -0.3 is 14.9 Å². The molecule has 106 valence electrons. The van der Waals surface area contributed by atoms with Crippen LogP contribution in [-0.4, -0.2) is 16.2 Å². The number of para-hydroxylation sites is 1. The van der Waals surface area contributed by atoms with Gasteiger partial charge in [-0.2, -0.15) is 5.26 Å². The molecule has 0 aromatic heterocycles. The first kappa shape index (κ1) is 14.4. The number of phenols is 1. The van der Waals surface area contributed by atoms with Crippen LogP contribution in [0.2, 0.25) is 0 Å². The van der Waals surface area contributed by atoms with Crippen LogP contribution in [0.5, 0.6) is 17.2 Å². The lowest BCUT2D eigenvalue weighted by molar-refractivity contribution is 0.0695. The molecule has 0 fully saturated rings. The SMILES string of the molecule is CCc1cc(Oc2cccc(C#N)c2O)ccc1C(=O)O. The van der Waals surface area contributed by atoms with Crippen LogP contribution in [0.15, 0.2) is 36.4 Å². The quantitative estimate of drug-likeness (QED) is 0.898. The smallest absolute Gasteiger partial charge is 0.335 e. The molecule has 0 saturated heterocycles. The highest BCUT2D eigenvalue weighted by Crippen LogP contribution is 2.33. The Balaban J connectivity index is 2.37. The van der Waals surface area contributed by atoms with Gasteiger partial charge >= 0.3 is 5.97 Å². The number of carbonyl (C=O) groups is 1. The maximum Gasteiger partial charge on any atom is 0.335 e. The number of carboxylic acid groups (broad SMARTS) is 1. The molecule has 21 heavy (non-hydrogen) atoms. The van der Waals surface area contributed by atoms with Crippen molar-refractivity contribution in [1.29, 1.82) is 5.26 Å². The first-order valence-corrected chi connectivity index (χ1v) is 6.33. The maximum absolute atomic E-state index is 11.1. The van der Waals surface area contributed by atoms with Crippen molar-refractivity contribution in [2.75, 3.05) is 0 Å². The zero-order valence-electron chi connectivity index (χ0n) is 11.3. The Kier molecular flexibility index (Phi) is 4.10. The number of aryl methyl sites for hydroxylation is 1. The molecule has 0 heterocycles. The molecule has 0 aliphatic carbocycles. The fraction of sp³-hybridized carbons (Fsp3) is 0.125. The van der Waals surface area contributed by atoms with Crippen molar-refractivity contribution in [1.82, 2.24) is 0 Å². The molecule has 0 unspecified atom stereocenters. The van der Waals surface area contributed by atoms with Gasteiger partial charge in [-0.15, -0.1) is 0 Å². The molecular weight excluding hydrogens is 270 g/mol. The summed E-state index contributed by atoms with van der Waals surface area (Å²) in [6, 6.07) is 11.1. The summed E-state index contributed by atoms with van der Waals surface area (Å²) in [6.07, 6.45) is 0.545. The van der Waals surface area contributed by atoms with Crippen molar-refractivity contribution in [3.05, 3.63) is 53.1 Å². The van der Waals surface area contributed by atoms with Crippen LogP contribution in [0.25, 0.3) is 0 Å². The van der Waals surface area contributed by atoms with Crippen LogP contribution >= 0.6 is 0 Å². The van der Waals surface area contributed by atoms with Crippen molar-refractivity contribution in [3.63, 3.8) is 0 Å². The third-order valence-electron chi connectivity index (χ3n) is 3.04. The normalized spacial score (nSPS) is 9.90. The summed E-state index contributed by atoms with van der Waals surface area (Å²) < 4.78 is 5.53. The van der Waals surface area contributed by atoms with Gasteiger partial charge in [0.05, 0.1) is 11.1 Å². The van der Waals surface area contributed by atoms with Gasteiger partial charge in [0.1, 0.15) is 11.8 Å². The van der Waals surface area contributed by atoms with E-state index in [0.29, 0.717) is 17.7 Å². The second-order valence-electron chi connectivity index (χ2n) is 4.34. The van der Waals surface area contributed by atoms with E-state index in [1.807, 2.05) is 13.0 Å². The van der Waals surface area contributed by atoms with Crippen molar-refractivity contribution in [2.24, 2.45) is 0 Å². The molecule has 0 saturated carbocycles. The third-order valence-corrected chi connectivity index (χ3v) is 3.04. The number of carboxylic acids is 1. The maximum atomic E-state index is 11.1. The number of aromatic hydroxyl groups is 1. The van der Waals surface area contributed by atoms with Crippen molar-refractivity contribution >= 4 is 5.97 Å². The predicted molar refractivity (Wildman–Crippen MR) is 75.7 cm³/mol. The van der Waals surface area contributed by atoms with Gasteiger partial charge in [0.15, 0.2) is 11.5 Å². The van der Waals surface area contributed by atoms with Crippen molar-refractivity contribution < 1.29 is 19.7 Å². The van der Waals surface area contributed by atoms with Gasteiger partial charge in [-0.05, 0) is 42.3 Å². The van der Waals surface area contributed by atoms with Crippen molar-refractivity contribution in [2.45, 2.75) is 13.3 Å². The van der Waals surface area contributed by atoms with E-state index >= 15 is 0 Å². The number of aromatic carboxylic acids is 1. The fourth-order valence-electron chi connectivity index (χ4n) is 1.96. The molecule has 0 bridgehead atoms. The minimum absolute atomic E-state index is 0.116. The standard InChI is InChI=1S/C16H13NO4/c1-2-10-8-12(6-7-13(10)16(19)20)21-14-5-3-4-11(9-17)15(14)18/h3-8,18H,2H2,1H3,(H,19,20). The summed E-state index contributed by atoms with van der Waals surface area (Å²) in [5.41, 5.74) is 0.973. The average molecular weight is 283 g/mol. The van der Waals surface area contributed by atoms with Crippen LogP contribution in [0.4, 0.5) is 0 Å². The minimum Gasteiger partial charge on any atom is -0.503 e. The lowest BCUT2D eigenvalue weighted by atomic mass is 10.1. The first-order chi connectivity index (χ1) is 10.1. The molecule has 2 aromatic carbocycles. The summed E-state index contributed by atoms with van der Waals surface area (Å²) in [5, 5.41) is 27.8. The first-order valence-electron chi connectivity index (χ1n) is 6.33. The molecule has 0 spiro atoms. The second kappa shape index (κ2) is 5.97. The molecule has 2 rings (SSSR count). The number of benzene rings is 2. The molecule has 0 aliphatic heterocycles. The van der Waals surface area contributed by atoms with E-state index < -0.39 is 5.97 Å². The predicted octanol–water partition coefficient (Wildman–Crippen LogP) is 3.32. The molecule has 5 nitrogen and oxygen atoms in total. The highest BCUT2D eigenvalue weighted by atomic mass is 16.5. The zero-order valence-corrected chi connectivity index (χ0v) is 11.3. The number of ether oxygens (including phenoxy) is 1. The van der Waals surface area contributed by atoms with Gasteiger partial charge in [0.2, 0.25) is 0 Å². The molecule has 0 atom stereocenters. The lowest BCUT2D eigenvalue weighted by Crippen LogP contribution is -2.01. The van der Waals surface area contributed by atoms with E-state index in [1.165, 1.54) is 24.3 Å². The molecular formula is C16H13NO4. The van der Waals surface area contributed by atoms with Crippen LogP contribution in [0.3, 0.4) is 0 Å². The number of nitrogens with zero attached hydrogens (tertiary/aromatic N) is 1. The van der Waals surface area contributed by atoms with Crippen molar-refractivity contribution in [3.8, 4) is 23.3 Å². The summed E-state index contributed by atoms with van der Waals surface area (Å²) in [4.78, 5) is 11.1. The Bertz CT molecular complexity index is 732. The second-order valence-corrected chi connectivity index (χ2v) is 4.34. The summed E-state index contributed by atoms with van der Waals surface area (Å²) in [7, 11) is 0. The van der Waals surface area contributed by atoms with E-state index in [-0.39, 0.29) is 22.6 Å². The highest BCUT2D eigenvalue weighted by Gasteiger charge is 2.12. The van der Waals surface area contributed by atoms with Crippen LogP contribution in [0.1, 0.15) is 28.4 Å². The van der Waals surface area contributed by atoms with Gasteiger partial charge in [-0.1, -0.05) is 13.0 Å². The molecule has 0 aliphatic rings. The zero-order chi connectivity index (χ0) is 15.4. The van der Waals surface area contributed by atoms with E-state index in [4.69, 9.17) is 15.1 Å². The Morgan fingerprint density at radius 3 is 2.71 bits per heavy atom. The van der Waals surface area contributed by atoms with Gasteiger partial charge in [0, 0.05) is 0 Å². The summed E-state index contributed by atoms with van der Waals surface area (Å²) in [5.74, 6) is -0.672. The van der Waals surface area contributed by atoms with E-state index in [1.54, 1.807) is 12.1 Å². The number of nitriles is 1. The third kappa shape index (κ3) is 2.95.